The van der Waals surface area contributed by atoms with Gasteiger partial charge in [0.15, 0.2) is 0 Å². The van der Waals surface area contributed by atoms with Gasteiger partial charge in [-0.25, -0.2) is 0 Å². The van der Waals surface area contributed by atoms with Crippen molar-refractivity contribution < 1.29 is 24.2 Å². The number of benzene rings is 1. The Kier molecular flexibility index (Phi) is 5.46. The lowest BCUT2D eigenvalue weighted by molar-refractivity contribution is -0.142. The van der Waals surface area contributed by atoms with Gasteiger partial charge in [0.05, 0.1) is 36.3 Å². The van der Waals surface area contributed by atoms with Crippen LogP contribution in [-0.4, -0.2) is 70.1 Å². The Bertz CT molecular complexity index is 909. The van der Waals surface area contributed by atoms with Crippen LogP contribution >= 0.6 is 11.8 Å². The Hall–Kier alpha value is -2.26. The number of methoxy groups -OCH3 is 1. The highest BCUT2D eigenvalue weighted by molar-refractivity contribution is 8.02. The summed E-state index contributed by atoms with van der Waals surface area (Å²) in [7, 11) is 3.15. The SMILES string of the molecule is CNC(=O)[C@H]1[C@H]2C(=O)N([C@H](C)CO)C(C(=O)Nc3ccc(OC)cc3)C23CC[C@]1(C)S3. The molecule has 3 aliphatic heterocycles. The van der Waals surface area contributed by atoms with Gasteiger partial charge in [-0.1, -0.05) is 0 Å². The van der Waals surface area contributed by atoms with Gasteiger partial charge >= 0.3 is 0 Å². The van der Waals surface area contributed by atoms with Crippen molar-refractivity contribution in [3.8, 4) is 5.75 Å². The highest BCUT2D eigenvalue weighted by Crippen LogP contribution is 2.71. The molecule has 168 valence electrons. The maximum Gasteiger partial charge on any atom is 0.248 e. The van der Waals surface area contributed by atoms with E-state index in [1.54, 1.807) is 57.1 Å². The number of carbonyl (C=O) groups is 3. The quantitative estimate of drug-likeness (QED) is 0.606. The Morgan fingerprint density at radius 3 is 2.55 bits per heavy atom. The fraction of sp³-hybridized carbons (Fsp3) is 0.591. The molecule has 8 nitrogen and oxygen atoms in total. The van der Waals surface area contributed by atoms with Crippen molar-refractivity contribution in [3.05, 3.63) is 24.3 Å². The maximum absolute atomic E-state index is 13.6. The Balaban J connectivity index is 1.73. The van der Waals surface area contributed by atoms with Gasteiger partial charge in [0, 0.05) is 17.5 Å². The summed E-state index contributed by atoms with van der Waals surface area (Å²) in [5.74, 6) is -1.10. The number of hydrogen-bond donors (Lipinski definition) is 3. The molecule has 0 aromatic heterocycles. The summed E-state index contributed by atoms with van der Waals surface area (Å²) in [5, 5.41) is 15.5. The van der Waals surface area contributed by atoms with Crippen LogP contribution in [0.1, 0.15) is 26.7 Å². The molecule has 3 amide bonds. The van der Waals surface area contributed by atoms with Gasteiger partial charge in [-0.2, -0.15) is 0 Å². The second-order valence-electron chi connectivity index (χ2n) is 8.84. The van der Waals surface area contributed by atoms with Crippen molar-refractivity contribution in [1.29, 1.82) is 0 Å². The zero-order chi connectivity index (χ0) is 22.6. The number of carbonyl (C=O) groups excluding carboxylic acids is 3. The number of anilines is 1. The molecule has 9 heteroatoms. The Labute approximate surface area is 186 Å². The highest BCUT2D eigenvalue weighted by Gasteiger charge is 2.77. The van der Waals surface area contributed by atoms with Crippen LogP contribution in [0.15, 0.2) is 24.3 Å². The first kappa shape index (κ1) is 22.0. The molecular weight excluding hydrogens is 418 g/mol. The number of nitrogens with zero attached hydrogens (tertiary/aromatic N) is 1. The van der Waals surface area contributed by atoms with Crippen LogP contribution in [0.2, 0.25) is 0 Å². The second-order valence-corrected chi connectivity index (χ2v) is 10.7. The smallest absolute Gasteiger partial charge is 0.248 e. The Morgan fingerprint density at radius 1 is 1.29 bits per heavy atom. The number of rotatable bonds is 6. The van der Waals surface area contributed by atoms with E-state index in [2.05, 4.69) is 10.6 Å². The lowest BCUT2D eigenvalue weighted by atomic mass is 9.66. The molecule has 3 saturated heterocycles. The number of fused-ring (bicyclic) bond motifs is 1. The minimum atomic E-state index is -0.768. The number of ether oxygens (including phenoxy) is 1. The monoisotopic (exact) mass is 447 g/mol. The number of hydrogen-bond acceptors (Lipinski definition) is 6. The maximum atomic E-state index is 13.6. The lowest BCUT2D eigenvalue weighted by Crippen LogP contribution is -2.54. The topological polar surface area (TPSA) is 108 Å². The molecule has 2 unspecified atom stereocenters. The van der Waals surface area contributed by atoms with Crippen molar-refractivity contribution in [3.63, 3.8) is 0 Å². The van der Waals surface area contributed by atoms with Gasteiger partial charge < -0.3 is 25.4 Å². The fourth-order valence-electron chi connectivity index (χ4n) is 5.67. The predicted octanol–water partition coefficient (Wildman–Crippen LogP) is 1.24. The zero-order valence-corrected chi connectivity index (χ0v) is 19.0. The van der Waals surface area contributed by atoms with Crippen LogP contribution in [0.4, 0.5) is 5.69 Å². The van der Waals surface area contributed by atoms with Crippen LogP contribution in [0.5, 0.6) is 5.75 Å². The Morgan fingerprint density at radius 2 is 1.97 bits per heavy atom. The number of likely N-dealkylation sites (tertiary alicyclic amines) is 1. The second kappa shape index (κ2) is 7.70. The molecule has 0 radical (unpaired) electrons. The molecule has 31 heavy (non-hydrogen) atoms. The summed E-state index contributed by atoms with van der Waals surface area (Å²) in [6.45, 7) is 3.50. The van der Waals surface area contributed by atoms with Crippen molar-refractivity contribution in [2.45, 2.75) is 48.3 Å². The third kappa shape index (κ3) is 3.12. The van der Waals surface area contributed by atoms with Crippen LogP contribution in [0.25, 0.3) is 0 Å². The van der Waals surface area contributed by atoms with Gasteiger partial charge in [0.2, 0.25) is 17.7 Å². The first-order valence-corrected chi connectivity index (χ1v) is 11.3. The fourth-order valence-corrected chi connectivity index (χ4v) is 8.01. The van der Waals surface area contributed by atoms with Crippen LogP contribution < -0.4 is 15.4 Å². The number of aliphatic hydroxyl groups is 1. The van der Waals surface area contributed by atoms with Gasteiger partial charge in [-0.3, -0.25) is 14.4 Å². The van der Waals surface area contributed by atoms with Crippen LogP contribution in [-0.2, 0) is 14.4 Å². The largest absolute Gasteiger partial charge is 0.497 e. The summed E-state index contributed by atoms with van der Waals surface area (Å²) < 4.78 is 4.08. The zero-order valence-electron chi connectivity index (χ0n) is 18.2. The molecule has 6 atom stereocenters. The number of aliphatic hydroxyl groups excluding tert-OH is 1. The average Bonchev–Trinajstić information content (AvgIpc) is 3.34. The van der Waals surface area contributed by atoms with E-state index in [4.69, 9.17) is 4.74 Å². The van der Waals surface area contributed by atoms with Crippen molar-refractivity contribution in [2.75, 3.05) is 26.1 Å². The number of thioether (sulfide) groups is 1. The molecule has 2 bridgehead atoms. The molecule has 1 spiro atoms. The molecule has 0 saturated carbocycles. The van der Waals surface area contributed by atoms with Crippen LogP contribution in [0.3, 0.4) is 0 Å². The molecule has 4 rings (SSSR count). The average molecular weight is 448 g/mol. The minimum absolute atomic E-state index is 0.164. The molecule has 0 aliphatic carbocycles. The molecule has 1 aromatic carbocycles. The molecule has 3 N–H and O–H groups in total. The van der Waals surface area contributed by atoms with E-state index < -0.39 is 33.4 Å². The van der Waals surface area contributed by atoms with Crippen LogP contribution in [0, 0.1) is 11.8 Å². The van der Waals surface area contributed by atoms with E-state index in [0.717, 1.165) is 6.42 Å². The van der Waals surface area contributed by atoms with Gasteiger partial charge in [0.1, 0.15) is 11.8 Å². The van der Waals surface area contributed by atoms with Gasteiger partial charge in [-0.05, 0) is 51.0 Å². The first-order valence-electron chi connectivity index (χ1n) is 10.5. The summed E-state index contributed by atoms with van der Waals surface area (Å²) >= 11 is 1.61. The van der Waals surface area contributed by atoms with Gasteiger partial charge in [0.25, 0.3) is 0 Å². The summed E-state index contributed by atoms with van der Waals surface area (Å²) in [5.41, 5.74) is 0.598. The highest BCUT2D eigenvalue weighted by atomic mass is 32.2. The third-order valence-corrected chi connectivity index (χ3v) is 9.07. The molecular formula is C22H29N3O5S. The molecule has 3 fully saturated rings. The lowest BCUT2D eigenvalue weighted by Gasteiger charge is -2.35. The van der Waals surface area contributed by atoms with E-state index in [1.165, 1.54) is 4.90 Å². The number of amides is 3. The number of nitrogens with one attached hydrogen (secondary N) is 2. The van der Waals surface area contributed by atoms with E-state index >= 15 is 0 Å². The first-order chi connectivity index (χ1) is 14.7. The molecule has 1 aromatic rings. The summed E-state index contributed by atoms with van der Waals surface area (Å²) in [6.07, 6.45) is 1.43. The predicted molar refractivity (Wildman–Crippen MR) is 118 cm³/mol. The van der Waals surface area contributed by atoms with Crippen molar-refractivity contribution in [1.82, 2.24) is 10.2 Å². The normalized spacial score (nSPS) is 34.4. The van der Waals surface area contributed by atoms with E-state index in [0.29, 0.717) is 17.9 Å². The minimum Gasteiger partial charge on any atom is -0.497 e. The third-order valence-electron chi connectivity index (χ3n) is 7.09. The standard InChI is InChI=1S/C22H29N3O5S/c1-12(11-26)25-17(19(28)24-13-5-7-14(30-4)8-6-13)22-10-9-21(2,31-22)15(18(27)23-3)16(22)20(25)29/h5-8,12,15-17,26H,9-11H2,1-4H3,(H,23,27)(H,24,28)/t12-,15-,16+,17?,21+,22?/m1/s1. The van der Waals surface area contributed by atoms with Crippen molar-refractivity contribution >= 4 is 35.2 Å². The van der Waals surface area contributed by atoms with E-state index in [9.17, 15) is 19.5 Å². The molecule has 3 aliphatic rings. The van der Waals surface area contributed by atoms with E-state index in [1.807, 2.05) is 6.92 Å². The van der Waals surface area contributed by atoms with E-state index in [-0.39, 0.29) is 24.3 Å². The summed E-state index contributed by atoms with van der Waals surface area (Å²) in [4.78, 5) is 41.5. The molecule has 3 heterocycles. The van der Waals surface area contributed by atoms with Crippen molar-refractivity contribution in [2.24, 2.45) is 11.8 Å². The summed E-state index contributed by atoms with van der Waals surface area (Å²) in [6, 6.07) is 5.70. The van der Waals surface area contributed by atoms with Gasteiger partial charge in [-0.15, -0.1) is 11.8 Å².